The van der Waals surface area contributed by atoms with Crippen LogP contribution in [0.5, 0.6) is 5.75 Å². The molecule has 1 aromatic heterocycles. The van der Waals surface area contributed by atoms with Gasteiger partial charge in [-0.05, 0) is 55.0 Å². The molecule has 0 saturated heterocycles. The number of aromatic nitrogens is 1. The molecule has 22 heavy (non-hydrogen) atoms. The van der Waals surface area contributed by atoms with Gasteiger partial charge in [-0.25, -0.2) is 0 Å². The van der Waals surface area contributed by atoms with Crippen LogP contribution in [0.4, 0.5) is 0 Å². The number of benzene rings is 1. The number of ether oxygens (including phenoxy) is 1. The van der Waals surface area contributed by atoms with E-state index in [1.165, 1.54) is 24.0 Å². The maximum absolute atomic E-state index is 11.9. The molecule has 2 aromatic rings. The number of nitrogens with one attached hydrogen (secondary N) is 1. The van der Waals surface area contributed by atoms with E-state index >= 15 is 0 Å². The second-order valence-corrected chi connectivity index (χ2v) is 5.49. The van der Waals surface area contributed by atoms with Crippen molar-refractivity contribution >= 4 is 5.91 Å². The Balaban J connectivity index is 1.53. The highest BCUT2D eigenvalue weighted by atomic mass is 16.5. The first-order chi connectivity index (χ1) is 10.8. The summed E-state index contributed by atoms with van der Waals surface area (Å²) in [6, 6.07) is 11.8. The van der Waals surface area contributed by atoms with E-state index in [9.17, 15) is 4.79 Å². The summed E-state index contributed by atoms with van der Waals surface area (Å²) in [5.41, 5.74) is 3.47. The van der Waals surface area contributed by atoms with Crippen LogP contribution < -0.4 is 10.1 Å². The molecule has 4 nitrogen and oxygen atoms in total. The molecule has 0 fully saturated rings. The molecule has 0 saturated carbocycles. The number of aryl methyl sites for hydroxylation is 1. The summed E-state index contributed by atoms with van der Waals surface area (Å²) in [5.74, 6) is 0.726. The van der Waals surface area contributed by atoms with Gasteiger partial charge in [-0.3, -0.25) is 9.78 Å². The number of carbonyl (C=O) groups excluding carboxylic acids is 1. The molecule has 1 aromatic carbocycles. The third kappa shape index (κ3) is 3.64. The number of pyridine rings is 1. The lowest BCUT2D eigenvalue weighted by Gasteiger charge is -2.19. The third-order valence-electron chi connectivity index (χ3n) is 3.90. The number of amides is 1. The van der Waals surface area contributed by atoms with Crippen LogP contribution in [0.15, 0.2) is 42.6 Å². The summed E-state index contributed by atoms with van der Waals surface area (Å²) in [5, 5.41) is 2.82. The van der Waals surface area contributed by atoms with Gasteiger partial charge in [-0.15, -0.1) is 0 Å². The Morgan fingerprint density at radius 2 is 2.05 bits per heavy atom. The molecule has 0 unspecified atom stereocenters. The Morgan fingerprint density at radius 3 is 2.91 bits per heavy atom. The zero-order valence-electron chi connectivity index (χ0n) is 12.5. The second kappa shape index (κ2) is 7.07. The molecule has 114 valence electrons. The Morgan fingerprint density at radius 1 is 1.14 bits per heavy atom. The number of rotatable bonds is 5. The van der Waals surface area contributed by atoms with Gasteiger partial charge < -0.3 is 10.1 Å². The van der Waals surface area contributed by atoms with E-state index in [0.29, 0.717) is 6.54 Å². The normalized spacial score (nSPS) is 13.3. The van der Waals surface area contributed by atoms with Crippen molar-refractivity contribution in [1.29, 1.82) is 0 Å². The number of hydrogen-bond acceptors (Lipinski definition) is 3. The Hall–Kier alpha value is -2.36. The first-order valence-electron chi connectivity index (χ1n) is 7.73. The van der Waals surface area contributed by atoms with Crippen LogP contribution in [0.2, 0.25) is 0 Å². The van der Waals surface area contributed by atoms with E-state index in [-0.39, 0.29) is 12.5 Å². The molecule has 0 bridgehead atoms. The average Bonchev–Trinajstić information content (AvgIpc) is 2.59. The van der Waals surface area contributed by atoms with Crippen LogP contribution in [0, 0.1) is 0 Å². The zero-order chi connectivity index (χ0) is 15.2. The molecule has 0 atom stereocenters. The summed E-state index contributed by atoms with van der Waals surface area (Å²) in [6.07, 6.45) is 6.30. The highest BCUT2D eigenvalue weighted by Gasteiger charge is 2.14. The van der Waals surface area contributed by atoms with Crippen molar-refractivity contribution in [2.45, 2.75) is 32.2 Å². The third-order valence-corrected chi connectivity index (χ3v) is 3.90. The molecule has 1 amide bonds. The molecular weight excluding hydrogens is 276 g/mol. The molecule has 1 heterocycles. The maximum atomic E-state index is 11.9. The quantitative estimate of drug-likeness (QED) is 0.923. The molecular formula is C18H20N2O2. The monoisotopic (exact) mass is 296 g/mol. The lowest BCUT2D eigenvalue weighted by Crippen LogP contribution is -2.29. The van der Waals surface area contributed by atoms with Gasteiger partial charge >= 0.3 is 0 Å². The minimum Gasteiger partial charge on any atom is -0.483 e. The minimum absolute atomic E-state index is 0.0449. The smallest absolute Gasteiger partial charge is 0.258 e. The van der Waals surface area contributed by atoms with Gasteiger partial charge in [0.25, 0.3) is 5.91 Å². The summed E-state index contributed by atoms with van der Waals surface area (Å²) in [7, 11) is 0. The van der Waals surface area contributed by atoms with E-state index < -0.39 is 0 Å². The number of nitrogens with zero attached hydrogens (tertiary/aromatic N) is 1. The predicted octanol–water partition coefficient (Wildman–Crippen LogP) is 2.66. The average molecular weight is 296 g/mol. The standard InChI is InChI=1S/C18H20N2O2/c21-18(20-12-15-8-3-4-11-19-15)13-22-17-10-5-7-14-6-1-2-9-16(14)17/h3-5,7-8,10-11H,1-2,6,9,12-13H2,(H,20,21). The van der Waals surface area contributed by atoms with Gasteiger partial charge in [-0.2, -0.15) is 0 Å². The molecule has 0 radical (unpaired) electrons. The lowest BCUT2D eigenvalue weighted by molar-refractivity contribution is -0.123. The van der Waals surface area contributed by atoms with Crippen molar-refractivity contribution in [3.8, 4) is 5.75 Å². The molecule has 0 aliphatic heterocycles. The van der Waals surface area contributed by atoms with Gasteiger partial charge in [0.05, 0.1) is 12.2 Å². The van der Waals surface area contributed by atoms with Crippen LogP contribution in [0.25, 0.3) is 0 Å². The van der Waals surface area contributed by atoms with E-state index in [4.69, 9.17) is 4.74 Å². The van der Waals surface area contributed by atoms with Gasteiger partial charge in [0.1, 0.15) is 5.75 Å². The van der Waals surface area contributed by atoms with Crippen LogP contribution in [0.3, 0.4) is 0 Å². The lowest BCUT2D eigenvalue weighted by atomic mass is 9.91. The van der Waals surface area contributed by atoms with Crippen molar-refractivity contribution in [1.82, 2.24) is 10.3 Å². The summed E-state index contributed by atoms with van der Waals surface area (Å²) < 4.78 is 5.72. The highest BCUT2D eigenvalue weighted by Crippen LogP contribution is 2.29. The number of hydrogen-bond donors (Lipinski definition) is 1. The van der Waals surface area contributed by atoms with Gasteiger partial charge in [0.2, 0.25) is 0 Å². The molecule has 3 rings (SSSR count). The van der Waals surface area contributed by atoms with Gasteiger partial charge in [0.15, 0.2) is 6.61 Å². The van der Waals surface area contributed by atoms with Crippen molar-refractivity contribution in [2.24, 2.45) is 0 Å². The van der Waals surface area contributed by atoms with Crippen LogP contribution in [-0.4, -0.2) is 17.5 Å². The fourth-order valence-electron chi connectivity index (χ4n) is 2.77. The first kappa shape index (κ1) is 14.6. The Labute approximate surface area is 130 Å². The second-order valence-electron chi connectivity index (χ2n) is 5.49. The van der Waals surface area contributed by atoms with Crippen molar-refractivity contribution in [2.75, 3.05) is 6.61 Å². The molecule has 1 aliphatic carbocycles. The zero-order valence-corrected chi connectivity index (χ0v) is 12.5. The Bertz CT molecular complexity index is 641. The van der Waals surface area contributed by atoms with E-state index in [1.807, 2.05) is 30.3 Å². The van der Waals surface area contributed by atoms with E-state index in [0.717, 1.165) is 24.3 Å². The van der Waals surface area contributed by atoms with Crippen molar-refractivity contribution in [3.63, 3.8) is 0 Å². The topological polar surface area (TPSA) is 51.2 Å². The highest BCUT2D eigenvalue weighted by molar-refractivity contribution is 5.77. The molecule has 1 N–H and O–H groups in total. The van der Waals surface area contributed by atoms with Crippen LogP contribution in [-0.2, 0) is 24.2 Å². The van der Waals surface area contributed by atoms with Crippen molar-refractivity contribution < 1.29 is 9.53 Å². The van der Waals surface area contributed by atoms with Crippen LogP contribution in [0.1, 0.15) is 29.7 Å². The largest absolute Gasteiger partial charge is 0.483 e. The molecule has 4 heteroatoms. The van der Waals surface area contributed by atoms with Gasteiger partial charge in [-0.1, -0.05) is 18.2 Å². The summed E-state index contributed by atoms with van der Waals surface area (Å²) >= 11 is 0. The summed E-state index contributed by atoms with van der Waals surface area (Å²) in [6.45, 7) is 0.471. The molecule has 0 spiro atoms. The SMILES string of the molecule is O=C(COc1cccc2c1CCCC2)NCc1ccccn1. The van der Waals surface area contributed by atoms with E-state index in [1.54, 1.807) is 6.20 Å². The number of carbonyl (C=O) groups is 1. The summed E-state index contributed by atoms with van der Waals surface area (Å²) in [4.78, 5) is 16.1. The van der Waals surface area contributed by atoms with E-state index in [2.05, 4.69) is 16.4 Å². The van der Waals surface area contributed by atoms with Crippen molar-refractivity contribution in [3.05, 3.63) is 59.4 Å². The number of fused-ring (bicyclic) bond motifs is 1. The Kier molecular flexibility index (Phi) is 4.68. The molecule has 1 aliphatic rings. The fourth-order valence-corrected chi connectivity index (χ4v) is 2.77. The van der Waals surface area contributed by atoms with Crippen LogP contribution >= 0.6 is 0 Å². The minimum atomic E-state index is -0.126. The maximum Gasteiger partial charge on any atom is 0.258 e. The first-order valence-corrected chi connectivity index (χ1v) is 7.73. The van der Waals surface area contributed by atoms with Gasteiger partial charge in [0, 0.05) is 6.20 Å². The predicted molar refractivity (Wildman–Crippen MR) is 84.7 cm³/mol. The fraction of sp³-hybridized carbons (Fsp3) is 0.333.